The summed E-state index contributed by atoms with van der Waals surface area (Å²) in [7, 11) is 0. The van der Waals surface area contributed by atoms with Gasteiger partial charge in [-0.3, -0.25) is 0 Å². The summed E-state index contributed by atoms with van der Waals surface area (Å²) in [5, 5.41) is 12.4. The molecule has 1 unspecified atom stereocenters. The van der Waals surface area contributed by atoms with Gasteiger partial charge in [0.1, 0.15) is 6.33 Å². The van der Waals surface area contributed by atoms with Crippen LogP contribution in [0.1, 0.15) is 0 Å². The third kappa shape index (κ3) is 2.28. The van der Waals surface area contributed by atoms with E-state index in [1.807, 2.05) is 0 Å². The van der Waals surface area contributed by atoms with E-state index < -0.39 is 0 Å². The zero-order valence-corrected chi connectivity index (χ0v) is 6.71. The SMILES string of the molecule is C=CC(CO)Nc1ncns1. The Labute approximate surface area is 68.8 Å². The Bertz CT molecular complexity index is 212. The van der Waals surface area contributed by atoms with Crippen molar-refractivity contribution in [3.05, 3.63) is 19.0 Å². The average Bonchev–Trinajstić information content (AvgIpc) is 2.52. The second-order valence-electron chi connectivity index (χ2n) is 1.92. The summed E-state index contributed by atoms with van der Waals surface area (Å²) < 4.78 is 3.80. The highest BCUT2D eigenvalue weighted by atomic mass is 32.1. The highest BCUT2D eigenvalue weighted by molar-refractivity contribution is 7.09. The maximum Gasteiger partial charge on any atom is 0.202 e. The number of anilines is 1. The molecule has 5 heteroatoms. The van der Waals surface area contributed by atoms with Crippen molar-refractivity contribution in [2.75, 3.05) is 11.9 Å². The van der Waals surface area contributed by atoms with Gasteiger partial charge in [0.25, 0.3) is 0 Å². The lowest BCUT2D eigenvalue weighted by atomic mass is 10.3. The molecule has 0 aromatic carbocycles. The molecule has 1 rings (SSSR count). The largest absolute Gasteiger partial charge is 0.394 e. The van der Waals surface area contributed by atoms with Crippen LogP contribution in [-0.4, -0.2) is 27.1 Å². The second kappa shape index (κ2) is 4.05. The quantitative estimate of drug-likeness (QED) is 0.647. The predicted molar refractivity (Wildman–Crippen MR) is 44.6 cm³/mol. The van der Waals surface area contributed by atoms with Gasteiger partial charge in [-0.05, 0) is 0 Å². The summed E-state index contributed by atoms with van der Waals surface area (Å²) in [6.45, 7) is 3.56. The number of aliphatic hydroxyl groups excluding tert-OH is 1. The van der Waals surface area contributed by atoms with Crippen LogP contribution in [0.15, 0.2) is 19.0 Å². The molecule has 0 bridgehead atoms. The average molecular weight is 171 g/mol. The molecule has 1 heterocycles. The molecule has 0 spiro atoms. The van der Waals surface area contributed by atoms with E-state index in [4.69, 9.17) is 5.11 Å². The van der Waals surface area contributed by atoms with Gasteiger partial charge in [0.2, 0.25) is 5.13 Å². The minimum absolute atomic E-state index is 0.0169. The monoisotopic (exact) mass is 171 g/mol. The molecular weight excluding hydrogens is 162 g/mol. The van der Waals surface area contributed by atoms with E-state index in [1.165, 1.54) is 17.9 Å². The first-order valence-corrected chi connectivity index (χ1v) is 3.90. The van der Waals surface area contributed by atoms with Crippen molar-refractivity contribution in [3.63, 3.8) is 0 Å². The summed E-state index contributed by atoms with van der Waals surface area (Å²) in [5.74, 6) is 0. The number of hydrogen-bond donors (Lipinski definition) is 2. The highest BCUT2D eigenvalue weighted by Crippen LogP contribution is 2.08. The van der Waals surface area contributed by atoms with Gasteiger partial charge in [-0.25, -0.2) is 4.98 Å². The maximum absolute atomic E-state index is 8.75. The molecule has 4 nitrogen and oxygen atoms in total. The topological polar surface area (TPSA) is 58.0 Å². The standard InChI is InChI=1S/C6H9N3OS/c1-2-5(3-10)9-6-7-4-8-11-6/h2,4-5,10H,1,3H2,(H,7,8,9). The summed E-state index contributed by atoms with van der Waals surface area (Å²) in [5.41, 5.74) is 0. The van der Waals surface area contributed by atoms with E-state index in [0.717, 1.165) is 0 Å². The highest BCUT2D eigenvalue weighted by Gasteiger charge is 2.02. The zero-order valence-electron chi connectivity index (χ0n) is 5.90. The fraction of sp³-hybridized carbons (Fsp3) is 0.333. The predicted octanol–water partition coefficient (Wildman–Crippen LogP) is 0.497. The maximum atomic E-state index is 8.75. The van der Waals surface area contributed by atoms with Crippen LogP contribution in [0, 0.1) is 0 Å². The molecule has 0 aliphatic heterocycles. The van der Waals surface area contributed by atoms with Crippen LogP contribution in [0.3, 0.4) is 0 Å². The van der Waals surface area contributed by atoms with Crippen LogP contribution < -0.4 is 5.32 Å². The molecule has 1 aromatic rings. The van der Waals surface area contributed by atoms with Crippen LogP contribution in [0.25, 0.3) is 0 Å². The molecule has 1 atom stereocenters. The number of nitrogens with one attached hydrogen (secondary N) is 1. The Morgan fingerprint density at radius 1 is 1.91 bits per heavy atom. The van der Waals surface area contributed by atoms with Crippen molar-refractivity contribution >= 4 is 16.7 Å². The number of aromatic nitrogens is 2. The van der Waals surface area contributed by atoms with Gasteiger partial charge in [0.05, 0.1) is 12.6 Å². The van der Waals surface area contributed by atoms with Crippen LogP contribution in [0.4, 0.5) is 5.13 Å². The molecule has 1 aromatic heterocycles. The minimum atomic E-state index is -0.136. The van der Waals surface area contributed by atoms with E-state index in [0.29, 0.717) is 5.13 Å². The molecule has 0 saturated heterocycles. The van der Waals surface area contributed by atoms with Gasteiger partial charge in [-0.2, -0.15) is 4.37 Å². The number of rotatable bonds is 4. The zero-order chi connectivity index (χ0) is 8.10. The summed E-state index contributed by atoms with van der Waals surface area (Å²) in [6, 6.07) is -0.136. The lowest BCUT2D eigenvalue weighted by Crippen LogP contribution is -2.20. The first-order chi connectivity index (χ1) is 5.36. The molecular formula is C6H9N3OS. The molecule has 0 amide bonds. The fourth-order valence-electron chi connectivity index (χ4n) is 0.574. The van der Waals surface area contributed by atoms with Crippen molar-refractivity contribution in [1.29, 1.82) is 0 Å². The van der Waals surface area contributed by atoms with E-state index in [1.54, 1.807) is 6.08 Å². The van der Waals surface area contributed by atoms with Crippen LogP contribution in [0.2, 0.25) is 0 Å². The van der Waals surface area contributed by atoms with Gasteiger partial charge < -0.3 is 10.4 Å². The fourth-order valence-corrected chi connectivity index (χ4v) is 1.07. The van der Waals surface area contributed by atoms with Crippen LogP contribution in [0.5, 0.6) is 0 Å². The van der Waals surface area contributed by atoms with E-state index in [-0.39, 0.29) is 12.6 Å². The Hall–Kier alpha value is -0.940. The number of aliphatic hydroxyl groups is 1. The van der Waals surface area contributed by atoms with Crippen molar-refractivity contribution in [1.82, 2.24) is 9.36 Å². The van der Waals surface area contributed by atoms with Gasteiger partial charge in [0, 0.05) is 11.5 Å². The Morgan fingerprint density at radius 2 is 2.73 bits per heavy atom. The van der Waals surface area contributed by atoms with Crippen molar-refractivity contribution in [3.8, 4) is 0 Å². The third-order valence-corrected chi connectivity index (χ3v) is 1.75. The van der Waals surface area contributed by atoms with Gasteiger partial charge in [0.15, 0.2) is 0 Å². The lowest BCUT2D eigenvalue weighted by Gasteiger charge is -2.08. The Morgan fingerprint density at radius 3 is 3.18 bits per heavy atom. The van der Waals surface area contributed by atoms with E-state index in [9.17, 15) is 0 Å². The van der Waals surface area contributed by atoms with Crippen molar-refractivity contribution in [2.24, 2.45) is 0 Å². The van der Waals surface area contributed by atoms with Gasteiger partial charge in [-0.15, -0.1) is 6.58 Å². The molecule has 0 aliphatic carbocycles. The molecule has 2 N–H and O–H groups in total. The molecule has 0 aliphatic rings. The lowest BCUT2D eigenvalue weighted by molar-refractivity contribution is 0.291. The van der Waals surface area contributed by atoms with Gasteiger partial charge in [-0.1, -0.05) is 6.08 Å². The number of hydrogen-bond acceptors (Lipinski definition) is 5. The first-order valence-electron chi connectivity index (χ1n) is 3.13. The van der Waals surface area contributed by atoms with E-state index >= 15 is 0 Å². The second-order valence-corrected chi connectivity index (χ2v) is 2.70. The summed E-state index contributed by atoms with van der Waals surface area (Å²) in [4.78, 5) is 3.89. The normalized spacial score (nSPS) is 12.5. The summed E-state index contributed by atoms with van der Waals surface area (Å²) >= 11 is 1.25. The molecule has 11 heavy (non-hydrogen) atoms. The Kier molecular flexibility index (Phi) is 3.00. The molecule has 0 radical (unpaired) electrons. The molecule has 0 saturated carbocycles. The molecule has 60 valence electrons. The first kappa shape index (κ1) is 8.16. The summed E-state index contributed by atoms with van der Waals surface area (Å²) in [6.07, 6.45) is 3.09. The smallest absolute Gasteiger partial charge is 0.202 e. The van der Waals surface area contributed by atoms with Crippen LogP contribution in [-0.2, 0) is 0 Å². The molecule has 0 fully saturated rings. The minimum Gasteiger partial charge on any atom is -0.394 e. The number of nitrogens with zero attached hydrogens (tertiary/aromatic N) is 2. The van der Waals surface area contributed by atoms with Crippen LogP contribution >= 0.6 is 11.5 Å². The third-order valence-electron chi connectivity index (χ3n) is 1.15. The van der Waals surface area contributed by atoms with Crippen molar-refractivity contribution < 1.29 is 5.11 Å². The van der Waals surface area contributed by atoms with E-state index in [2.05, 4.69) is 21.3 Å². The van der Waals surface area contributed by atoms with Gasteiger partial charge >= 0.3 is 0 Å². The van der Waals surface area contributed by atoms with Crippen molar-refractivity contribution in [2.45, 2.75) is 6.04 Å². The Balaban J connectivity index is 2.47.